The SMILES string of the molecule is COC[C@@H]1CCCCN1c1ncccc1N. The topological polar surface area (TPSA) is 51.4 Å². The van der Waals surface area contributed by atoms with Gasteiger partial charge in [-0.25, -0.2) is 4.98 Å². The summed E-state index contributed by atoms with van der Waals surface area (Å²) < 4.78 is 5.26. The Bertz CT molecular complexity index is 341. The molecule has 4 nitrogen and oxygen atoms in total. The van der Waals surface area contributed by atoms with Gasteiger partial charge in [0, 0.05) is 19.9 Å². The Morgan fingerprint density at radius 2 is 2.44 bits per heavy atom. The highest BCUT2D eigenvalue weighted by molar-refractivity contribution is 5.62. The largest absolute Gasteiger partial charge is 0.396 e. The van der Waals surface area contributed by atoms with E-state index >= 15 is 0 Å². The van der Waals surface area contributed by atoms with Crippen molar-refractivity contribution in [3.8, 4) is 0 Å². The van der Waals surface area contributed by atoms with Crippen molar-refractivity contribution in [1.82, 2.24) is 4.98 Å². The van der Waals surface area contributed by atoms with Gasteiger partial charge in [-0.1, -0.05) is 0 Å². The molecule has 4 heteroatoms. The molecular weight excluding hydrogens is 202 g/mol. The maximum Gasteiger partial charge on any atom is 0.152 e. The number of rotatable bonds is 3. The molecule has 2 rings (SSSR count). The third-order valence-corrected chi connectivity index (χ3v) is 3.08. The first kappa shape index (κ1) is 11.2. The molecule has 0 aliphatic carbocycles. The fourth-order valence-corrected chi connectivity index (χ4v) is 2.29. The van der Waals surface area contributed by atoms with Crippen LogP contribution in [0.3, 0.4) is 0 Å². The summed E-state index contributed by atoms with van der Waals surface area (Å²) in [7, 11) is 1.74. The minimum Gasteiger partial charge on any atom is -0.396 e. The van der Waals surface area contributed by atoms with Gasteiger partial charge in [-0.3, -0.25) is 0 Å². The first-order chi connectivity index (χ1) is 7.83. The van der Waals surface area contributed by atoms with Crippen LogP contribution in [0.5, 0.6) is 0 Å². The van der Waals surface area contributed by atoms with Crippen LogP contribution in [0, 0.1) is 0 Å². The Morgan fingerprint density at radius 1 is 1.56 bits per heavy atom. The van der Waals surface area contributed by atoms with Gasteiger partial charge in [0.2, 0.25) is 0 Å². The number of ether oxygens (including phenoxy) is 1. The van der Waals surface area contributed by atoms with Crippen LogP contribution >= 0.6 is 0 Å². The Morgan fingerprint density at radius 3 is 3.19 bits per heavy atom. The van der Waals surface area contributed by atoms with Gasteiger partial charge in [0.15, 0.2) is 5.82 Å². The molecule has 1 aromatic rings. The summed E-state index contributed by atoms with van der Waals surface area (Å²) in [6.07, 6.45) is 5.42. The number of nitrogens with zero attached hydrogens (tertiary/aromatic N) is 2. The van der Waals surface area contributed by atoms with Crippen LogP contribution in [0.1, 0.15) is 19.3 Å². The van der Waals surface area contributed by atoms with E-state index in [1.165, 1.54) is 12.8 Å². The normalized spacial score (nSPS) is 21.1. The molecule has 1 aliphatic heterocycles. The summed E-state index contributed by atoms with van der Waals surface area (Å²) in [5.74, 6) is 0.907. The number of hydrogen-bond acceptors (Lipinski definition) is 4. The lowest BCUT2D eigenvalue weighted by atomic mass is 10.0. The van der Waals surface area contributed by atoms with Gasteiger partial charge in [0.05, 0.1) is 18.3 Å². The highest BCUT2D eigenvalue weighted by Gasteiger charge is 2.24. The van der Waals surface area contributed by atoms with Crippen molar-refractivity contribution in [3.63, 3.8) is 0 Å². The molecule has 2 N–H and O–H groups in total. The van der Waals surface area contributed by atoms with Crippen LogP contribution in [0.4, 0.5) is 11.5 Å². The number of aromatic nitrogens is 1. The van der Waals surface area contributed by atoms with E-state index in [4.69, 9.17) is 10.5 Å². The van der Waals surface area contributed by atoms with Crippen molar-refractivity contribution >= 4 is 11.5 Å². The number of methoxy groups -OCH3 is 1. The van der Waals surface area contributed by atoms with E-state index in [2.05, 4.69) is 9.88 Å². The molecule has 1 fully saturated rings. The van der Waals surface area contributed by atoms with Crippen molar-refractivity contribution in [3.05, 3.63) is 18.3 Å². The lowest BCUT2D eigenvalue weighted by Crippen LogP contribution is -2.43. The summed E-state index contributed by atoms with van der Waals surface area (Å²) in [5.41, 5.74) is 6.72. The van der Waals surface area contributed by atoms with Crippen LogP contribution in [-0.4, -0.2) is 31.3 Å². The molecular formula is C12H19N3O. The molecule has 0 bridgehead atoms. The maximum atomic E-state index is 5.96. The highest BCUT2D eigenvalue weighted by Crippen LogP contribution is 2.27. The lowest BCUT2D eigenvalue weighted by molar-refractivity contribution is 0.166. The zero-order chi connectivity index (χ0) is 11.4. The number of nitrogens with two attached hydrogens (primary N) is 1. The van der Waals surface area contributed by atoms with Crippen LogP contribution < -0.4 is 10.6 Å². The van der Waals surface area contributed by atoms with E-state index in [1.807, 2.05) is 12.1 Å². The highest BCUT2D eigenvalue weighted by atomic mass is 16.5. The smallest absolute Gasteiger partial charge is 0.152 e. The minimum atomic E-state index is 0.413. The van der Waals surface area contributed by atoms with Gasteiger partial charge >= 0.3 is 0 Å². The molecule has 0 aromatic carbocycles. The molecule has 0 spiro atoms. The fraction of sp³-hybridized carbons (Fsp3) is 0.583. The minimum absolute atomic E-state index is 0.413. The quantitative estimate of drug-likeness (QED) is 0.843. The van der Waals surface area contributed by atoms with E-state index < -0.39 is 0 Å². The van der Waals surface area contributed by atoms with Crippen molar-refractivity contribution in [2.75, 3.05) is 30.9 Å². The molecule has 1 aromatic heterocycles. The number of nitrogen functional groups attached to an aromatic ring is 1. The zero-order valence-electron chi connectivity index (χ0n) is 9.72. The number of hydrogen-bond donors (Lipinski definition) is 1. The fourth-order valence-electron chi connectivity index (χ4n) is 2.29. The Balaban J connectivity index is 2.19. The zero-order valence-corrected chi connectivity index (χ0v) is 9.72. The van der Waals surface area contributed by atoms with Gasteiger partial charge in [-0.05, 0) is 31.4 Å². The third-order valence-electron chi connectivity index (χ3n) is 3.08. The predicted molar refractivity (Wildman–Crippen MR) is 65.5 cm³/mol. The van der Waals surface area contributed by atoms with Crippen molar-refractivity contribution in [2.45, 2.75) is 25.3 Å². The molecule has 1 saturated heterocycles. The van der Waals surface area contributed by atoms with Crippen LogP contribution in [0.15, 0.2) is 18.3 Å². The number of anilines is 2. The van der Waals surface area contributed by atoms with Crippen molar-refractivity contribution in [1.29, 1.82) is 0 Å². The van der Waals surface area contributed by atoms with E-state index in [0.717, 1.165) is 31.1 Å². The van der Waals surface area contributed by atoms with E-state index in [1.54, 1.807) is 13.3 Å². The van der Waals surface area contributed by atoms with Crippen LogP contribution in [0.25, 0.3) is 0 Å². The molecule has 16 heavy (non-hydrogen) atoms. The Kier molecular flexibility index (Phi) is 3.62. The third kappa shape index (κ3) is 2.27. The Hall–Kier alpha value is -1.29. The molecule has 88 valence electrons. The molecule has 0 unspecified atom stereocenters. The maximum absolute atomic E-state index is 5.96. The van der Waals surface area contributed by atoms with Gasteiger partial charge < -0.3 is 15.4 Å². The Labute approximate surface area is 96.4 Å². The van der Waals surface area contributed by atoms with Gasteiger partial charge in [-0.15, -0.1) is 0 Å². The first-order valence-corrected chi connectivity index (χ1v) is 5.79. The molecule has 2 heterocycles. The summed E-state index contributed by atoms with van der Waals surface area (Å²) in [4.78, 5) is 6.66. The first-order valence-electron chi connectivity index (χ1n) is 5.79. The summed E-state index contributed by atoms with van der Waals surface area (Å²) in [5, 5.41) is 0. The second-order valence-electron chi connectivity index (χ2n) is 4.21. The van der Waals surface area contributed by atoms with Gasteiger partial charge in [-0.2, -0.15) is 0 Å². The number of pyridine rings is 1. The average molecular weight is 221 g/mol. The lowest BCUT2D eigenvalue weighted by Gasteiger charge is -2.36. The standard InChI is InChI=1S/C12H19N3O/c1-16-9-10-5-2-3-8-15(10)12-11(13)6-4-7-14-12/h4,6-7,10H,2-3,5,8-9,13H2,1H3/t10-/m0/s1. The van der Waals surface area contributed by atoms with E-state index in [0.29, 0.717) is 6.04 Å². The van der Waals surface area contributed by atoms with Gasteiger partial charge in [0.1, 0.15) is 0 Å². The predicted octanol–water partition coefficient (Wildman–Crippen LogP) is 1.67. The average Bonchev–Trinajstić information content (AvgIpc) is 2.31. The summed E-state index contributed by atoms with van der Waals surface area (Å²) in [6, 6.07) is 4.19. The van der Waals surface area contributed by atoms with E-state index in [9.17, 15) is 0 Å². The molecule has 0 saturated carbocycles. The van der Waals surface area contributed by atoms with Crippen molar-refractivity contribution in [2.24, 2.45) is 0 Å². The van der Waals surface area contributed by atoms with Crippen LogP contribution in [0.2, 0.25) is 0 Å². The summed E-state index contributed by atoms with van der Waals surface area (Å²) >= 11 is 0. The molecule has 0 amide bonds. The molecule has 0 radical (unpaired) electrons. The second kappa shape index (κ2) is 5.16. The monoisotopic (exact) mass is 221 g/mol. The van der Waals surface area contributed by atoms with Crippen molar-refractivity contribution < 1.29 is 4.74 Å². The second-order valence-corrected chi connectivity index (χ2v) is 4.21. The summed E-state index contributed by atoms with van der Waals surface area (Å²) in [6.45, 7) is 1.77. The van der Waals surface area contributed by atoms with E-state index in [-0.39, 0.29) is 0 Å². The molecule has 1 atom stereocenters. The van der Waals surface area contributed by atoms with Crippen LogP contribution in [-0.2, 0) is 4.74 Å². The van der Waals surface area contributed by atoms with Gasteiger partial charge in [0.25, 0.3) is 0 Å². The number of piperidine rings is 1. The molecule has 1 aliphatic rings.